The summed E-state index contributed by atoms with van der Waals surface area (Å²) in [6.07, 6.45) is 0.730. The maximum absolute atomic E-state index is 12.4. The molecular weight excluding hydrogens is 260 g/mol. The molecule has 1 unspecified atom stereocenters. The largest absolute Gasteiger partial charge is 0.241 e. The van der Waals surface area contributed by atoms with Gasteiger partial charge in [-0.15, -0.1) is 0 Å². The lowest BCUT2D eigenvalue weighted by molar-refractivity contribution is 0.437. The Balaban J connectivity index is 3.17. The van der Waals surface area contributed by atoms with E-state index in [2.05, 4.69) is 4.72 Å². The summed E-state index contributed by atoms with van der Waals surface area (Å²) in [7, 11) is -3.58. The number of benzene rings is 1. The van der Waals surface area contributed by atoms with E-state index in [9.17, 15) is 8.42 Å². The zero-order valence-corrected chi connectivity index (χ0v) is 12.6. The highest BCUT2D eigenvalue weighted by molar-refractivity contribution is 7.89. The smallest absolute Gasteiger partial charge is 0.208 e. The third-order valence-electron chi connectivity index (χ3n) is 3.16. The van der Waals surface area contributed by atoms with Crippen LogP contribution in [0.1, 0.15) is 38.3 Å². The molecule has 0 fully saturated rings. The van der Waals surface area contributed by atoms with E-state index in [1.807, 2.05) is 26.8 Å². The SMILES string of the molecule is CCC(NS(=O)(=O)c1cc(C#N)ccc1C)C(C)C. The number of hydrogen-bond donors (Lipinski definition) is 1. The van der Waals surface area contributed by atoms with Gasteiger partial charge in [-0.25, -0.2) is 13.1 Å². The molecule has 19 heavy (non-hydrogen) atoms. The van der Waals surface area contributed by atoms with Crippen LogP contribution in [0.4, 0.5) is 0 Å². The van der Waals surface area contributed by atoms with Crippen molar-refractivity contribution in [1.29, 1.82) is 5.26 Å². The minimum atomic E-state index is -3.58. The minimum Gasteiger partial charge on any atom is -0.208 e. The van der Waals surface area contributed by atoms with Crippen molar-refractivity contribution in [3.05, 3.63) is 29.3 Å². The molecule has 104 valence electrons. The van der Waals surface area contributed by atoms with E-state index < -0.39 is 10.0 Å². The molecule has 0 radical (unpaired) electrons. The van der Waals surface area contributed by atoms with Crippen LogP contribution in [-0.4, -0.2) is 14.5 Å². The highest BCUT2D eigenvalue weighted by Gasteiger charge is 2.22. The van der Waals surface area contributed by atoms with Crippen LogP contribution in [0.25, 0.3) is 0 Å². The molecule has 0 bridgehead atoms. The van der Waals surface area contributed by atoms with Gasteiger partial charge in [0.05, 0.1) is 16.5 Å². The zero-order chi connectivity index (χ0) is 14.6. The molecule has 1 aromatic rings. The highest BCUT2D eigenvalue weighted by atomic mass is 32.2. The van der Waals surface area contributed by atoms with E-state index in [0.29, 0.717) is 11.1 Å². The number of aryl methyl sites for hydroxylation is 1. The van der Waals surface area contributed by atoms with Crippen molar-refractivity contribution in [2.24, 2.45) is 5.92 Å². The Bertz CT molecular complexity index is 586. The molecule has 0 heterocycles. The summed E-state index contributed by atoms with van der Waals surface area (Å²) in [4.78, 5) is 0.186. The van der Waals surface area contributed by atoms with Crippen molar-refractivity contribution >= 4 is 10.0 Å². The fraction of sp³-hybridized carbons (Fsp3) is 0.500. The second kappa shape index (κ2) is 6.18. The number of hydrogen-bond acceptors (Lipinski definition) is 3. The van der Waals surface area contributed by atoms with Gasteiger partial charge in [-0.05, 0) is 37.0 Å². The lowest BCUT2D eigenvalue weighted by Gasteiger charge is -2.21. The van der Waals surface area contributed by atoms with Gasteiger partial charge in [0.1, 0.15) is 0 Å². The maximum atomic E-state index is 12.4. The predicted octanol–water partition coefficient (Wildman–Crippen LogP) is 2.58. The number of nitrogens with zero attached hydrogens (tertiary/aromatic N) is 1. The number of rotatable bonds is 5. The average molecular weight is 280 g/mol. The monoisotopic (exact) mass is 280 g/mol. The zero-order valence-electron chi connectivity index (χ0n) is 11.8. The topological polar surface area (TPSA) is 70.0 Å². The second-order valence-electron chi connectivity index (χ2n) is 4.97. The van der Waals surface area contributed by atoms with Gasteiger partial charge < -0.3 is 0 Å². The molecule has 0 saturated heterocycles. The first-order valence-corrected chi connectivity index (χ1v) is 7.83. The molecule has 0 aliphatic heterocycles. The summed E-state index contributed by atoms with van der Waals surface area (Å²) in [6.45, 7) is 7.64. The highest BCUT2D eigenvalue weighted by Crippen LogP contribution is 2.18. The third kappa shape index (κ3) is 3.79. The Morgan fingerprint density at radius 3 is 2.47 bits per heavy atom. The fourth-order valence-electron chi connectivity index (χ4n) is 1.91. The Labute approximate surface area is 115 Å². The first-order valence-electron chi connectivity index (χ1n) is 6.35. The minimum absolute atomic E-state index is 0.102. The van der Waals surface area contributed by atoms with E-state index >= 15 is 0 Å². The quantitative estimate of drug-likeness (QED) is 0.901. The first kappa shape index (κ1) is 15.7. The van der Waals surface area contributed by atoms with Crippen molar-refractivity contribution in [2.45, 2.75) is 45.1 Å². The van der Waals surface area contributed by atoms with Gasteiger partial charge in [0.25, 0.3) is 0 Å². The third-order valence-corrected chi connectivity index (χ3v) is 4.79. The second-order valence-corrected chi connectivity index (χ2v) is 6.65. The van der Waals surface area contributed by atoms with Crippen LogP contribution in [0.5, 0.6) is 0 Å². The maximum Gasteiger partial charge on any atom is 0.241 e. The number of nitriles is 1. The van der Waals surface area contributed by atoms with Gasteiger partial charge in [0, 0.05) is 6.04 Å². The summed E-state index contributed by atoms with van der Waals surface area (Å²) >= 11 is 0. The van der Waals surface area contributed by atoms with Gasteiger partial charge in [-0.2, -0.15) is 5.26 Å². The molecule has 0 aliphatic rings. The number of nitrogens with one attached hydrogen (secondary N) is 1. The Hall–Kier alpha value is -1.38. The van der Waals surface area contributed by atoms with E-state index in [4.69, 9.17) is 5.26 Å². The van der Waals surface area contributed by atoms with Crippen LogP contribution in [0.3, 0.4) is 0 Å². The Kier molecular flexibility index (Phi) is 5.10. The van der Waals surface area contributed by atoms with Crippen LogP contribution < -0.4 is 4.72 Å². The summed E-state index contributed by atoms with van der Waals surface area (Å²) < 4.78 is 27.5. The van der Waals surface area contributed by atoms with Crippen LogP contribution in [0, 0.1) is 24.2 Å². The molecule has 1 aromatic carbocycles. The van der Waals surface area contributed by atoms with Crippen molar-refractivity contribution < 1.29 is 8.42 Å². The van der Waals surface area contributed by atoms with Crippen molar-refractivity contribution in [3.8, 4) is 6.07 Å². The Morgan fingerprint density at radius 2 is 2.00 bits per heavy atom. The molecule has 1 atom stereocenters. The van der Waals surface area contributed by atoms with Crippen molar-refractivity contribution in [1.82, 2.24) is 4.72 Å². The molecule has 0 saturated carbocycles. The van der Waals surface area contributed by atoms with Crippen LogP contribution in [0.2, 0.25) is 0 Å². The molecule has 5 heteroatoms. The van der Waals surface area contributed by atoms with Gasteiger partial charge >= 0.3 is 0 Å². The predicted molar refractivity (Wildman–Crippen MR) is 75.1 cm³/mol. The summed E-state index contributed by atoms with van der Waals surface area (Å²) in [5.41, 5.74) is 0.994. The van der Waals surface area contributed by atoms with Crippen molar-refractivity contribution in [3.63, 3.8) is 0 Å². The molecule has 1 N–H and O–H groups in total. The van der Waals surface area contributed by atoms with Gasteiger partial charge in [-0.3, -0.25) is 0 Å². The van der Waals surface area contributed by atoms with Gasteiger partial charge in [0.15, 0.2) is 0 Å². The summed E-state index contributed by atoms with van der Waals surface area (Å²) in [6, 6.07) is 6.56. The fourth-order valence-corrected chi connectivity index (χ4v) is 3.65. The number of sulfonamides is 1. The molecule has 4 nitrogen and oxygen atoms in total. The van der Waals surface area contributed by atoms with Crippen molar-refractivity contribution in [2.75, 3.05) is 0 Å². The average Bonchev–Trinajstić information content (AvgIpc) is 2.36. The molecule has 0 aliphatic carbocycles. The first-order chi connectivity index (χ1) is 8.81. The lowest BCUT2D eigenvalue weighted by atomic mass is 10.0. The standard InChI is InChI=1S/C14H20N2O2S/c1-5-13(10(2)3)16-19(17,18)14-8-12(9-15)7-6-11(14)4/h6-8,10,13,16H,5H2,1-4H3. The molecule has 0 amide bonds. The van der Waals surface area contributed by atoms with Gasteiger partial charge in [-0.1, -0.05) is 26.8 Å². The molecule has 0 spiro atoms. The van der Waals surface area contributed by atoms with Crippen LogP contribution in [0.15, 0.2) is 23.1 Å². The van der Waals surface area contributed by atoms with Crippen LogP contribution in [-0.2, 0) is 10.0 Å². The van der Waals surface area contributed by atoms with Gasteiger partial charge in [0.2, 0.25) is 10.0 Å². The molecular formula is C14H20N2O2S. The summed E-state index contributed by atoms with van der Waals surface area (Å²) in [5, 5.41) is 8.87. The van der Waals surface area contributed by atoms with E-state index in [1.54, 1.807) is 19.1 Å². The normalized spacial score (nSPS) is 13.3. The van der Waals surface area contributed by atoms with Crippen LogP contribution >= 0.6 is 0 Å². The van der Waals surface area contributed by atoms with E-state index in [-0.39, 0.29) is 16.9 Å². The molecule has 1 rings (SSSR count). The lowest BCUT2D eigenvalue weighted by Crippen LogP contribution is -2.38. The Morgan fingerprint density at radius 1 is 1.37 bits per heavy atom. The van der Waals surface area contributed by atoms with E-state index in [0.717, 1.165) is 6.42 Å². The summed E-state index contributed by atoms with van der Waals surface area (Å²) in [5.74, 6) is 0.222. The molecule has 0 aromatic heterocycles. The van der Waals surface area contributed by atoms with E-state index in [1.165, 1.54) is 6.07 Å².